The van der Waals surface area contributed by atoms with E-state index in [0.29, 0.717) is 34.9 Å². The highest BCUT2D eigenvalue weighted by Crippen LogP contribution is 2.26. The summed E-state index contributed by atoms with van der Waals surface area (Å²) < 4.78 is 10.9. The Labute approximate surface area is 186 Å². The number of rotatable bonds is 7. The molecule has 6 heteroatoms. The average molecular weight is 428 g/mol. The molecular formula is C26H24N2O4. The minimum Gasteiger partial charge on any atom is -0.496 e. The van der Waals surface area contributed by atoms with Crippen LogP contribution in [0.2, 0.25) is 0 Å². The number of para-hydroxylation sites is 2. The van der Waals surface area contributed by atoms with E-state index in [4.69, 9.17) is 9.47 Å². The minimum atomic E-state index is -0.265. The molecule has 6 nitrogen and oxygen atoms in total. The maximum Gasteiger partial charge on any atom is 0.262 e. The number of anilines is 1. The number of aromatic nitrogens is 1. The van der Waals surface area contributed by atoms with E-state index < -0.39 is 0 Å². The molecule has 0 unspecified atom stereocenters. The van der Waals surface area contributed by atoms with Crippen LogP contribution in [0.4, 0.5) is 5.69 Å². The number of pyridine rings is 1. The Morgan fingerprint density at radius 2 is 1.69 bits per heavy atom. The van der Waals surface area contributed by atoms with Crippen molar-refractivity contribution >= 4 is 22.5 Å². The highest BCUT2D eigenvalue weighted by atomic mass is 16.5. The second-order valence-electron chi connectivity index (χ2n) is 7.23. The van der Waals surface area contributed by atoms with Gasteiger partial charge in [-0.15, -0.1) is 0 Å². The fraction of sp³-hybridized carbons (Fsp3) is 0.154. The van der Waals surface area contributed by atoms with Crippen molar-refractivity contribution in [3.63, 3.8) is 0 Å². The summed E-state index contributed by atoms with van der Waals surface area (Å²) in [5.41, 5.74) is 2.08. The fourth-order valence-electron chi connectivity index (χ4n) is 3.62. The molecule has 0 aliphatic rings. The van der Waals surface area contributed by atoms with E-state index in [1.54, 1.807) is 23.1 Å². The molecule has 32 heavy (non-hydrogen) atoms. The van der Waals surface area contributed by atoms with Crippen molar-refractivity contribution in [3.05, 3.63) is 100 Å². The van der Waals surface area contributed by atoms with Gasteiger partial charge in [-0.2, -0.15) is 0 Å². The quantitative estimate of drug-likeness (QED) is 0.460. The highest BCUT2D eigenvalue weighted by Gasteiger charge is 2.22. The zero-order valence-corrected chi connectivity index (χ0v) is 18.0. The number of benzene rings is 3. The van der Waals surface area contributed by atoms with E-state index >= 15 is 0 Å². The first kappa shape index (κ1) is 21.2. The molecule has 0 radical (unpaired) electrons. The Morgan fingerprint density at radius 1 is 0.969 bits per heavy atom. The van der Waals surface area contributed by atoms with Gasteiger partial charge >= 0.3 is 0 Å². The molecule has 0 aliphatic heterocycles. The van der Waals surface area contributed by atoms with E-state index in [1.807, 2.05) is 67.6 Å². The van der Waals surface area contributed by atoms with Gasteiger partial charge in [0.15, 0.2) is 0 Å². The molecule has 1 amide bonds. The molecule has 0 spiro atoms. The lowest BCUT2D eigenvalue weighted by Crippen LogP contribution is -2.33. The van der Waals surface area contributed by atoms with Gasteiger partial charge in [0.1, 0.15) is 11.5 Å². The molecule has 4 aromatic rings. The smallest absolute Gasteiger partial charge is 0.262 e. The number of amides is 1. The summed E-state index contributed by atoms with van der Waals surface area (Å²) in [7, 11) is 1.53. The Morgan fingerprint density at radius 3 is 2.44 bits per heavy atom. The van der Waals surface area contributed by atoms with Crippen molar-refractivity contribution < 1.29 is 14.3 Å². The number of aromatic amines is 1. The molecule has 0 fully saturated rings. The SMILES string of the molecule is CCOc1ccc(N(Cc2cc3ccccc3[nH]c2=O)C(=O)c2ccccc2OC)cc1. The molecule has 0 atom stereocenters. The molecule has 4 rings (SSSR count). The number of ether oxygens (including phenoxy) is 2. The van der Waals surface area contributed by atoms with E-state index in [1.165, 1.54) is 7.11 Å². The van der Waals surface area contributed by atoms with Crippen molar-refractivity contribution in [2.75, 3.05) is 18.6 Å². The highest BCUT2D eigenvalue weighted by molar-refractivity contribution is 6.07. The van der Waals surface area contributed by atoms with E-state index in [0.717, 1.165) is 10.9 Å². The van der Waals surface area contributed by atoms with Crippen molar-refractivity contribution in [1.29, 1.82) is 0 Å². The second-order valence-corrected chi connectivity index (χ2v) is 7.23. The normalized spacial score (nSPS) is 10.7. The van der Waals surface area contributed by atoms with Crippen LogP contribution in [0, 0.1) is 0 Å². The monoisotopic (exact) mass is 428 g/mol. The number of H-pyrrole nitrogens is 1. The molecule has 0 saturated heterocycles. The third-order valence-electron chi connectivity index (χ3n) is 5.20. The summed E-state index contributed by atoms with van der Waals surface area (Å²) in [4.78, 5) is 30.9. The Bertz CT molecular complexity index is 1300. The van der Waals surface area contributed by atoms with Gasteiger partial charge < -0.3 is 19.4 Å². The number of hydrogen-bond acceptors (Lipinski definition) is 4. The van der Waals surface area contributed by atoms with Crippen molar-refractivity contribution in [2.24, 2.45) is 0 Å². The molecule has 1 heterocycles. The number of carbonyl (C=O) groups excluding carboxylic acids is 1. The van der Waals surface area contributed by atoms with Gasteiger partial charge in [0.05, 0.1) is 25.8 Å². The molecule has 1 aromatic heterocycles. The third kappa shape index (κ3) is 4.34. The lowest BCUT2D eigenvalue weighted by molar-refractivity contribution is 0.0982. The largest absolute Gasteiger partial charge is 0.496 e. The predicted molar refractivity (Wildman–Crippen MR) is 126 cm³/mol. The maximum absolute atomic E-state index is 13.6. The first-order chi connectivity index (χ1) is 15.6. The molecule has 162 valence electrons. The topological polar surface area (TPSA) is 71.6 Å². The van der Waals surface area contributed by atoms with Crippen LogP contribution in [0.15, 0.2) is 83.7 Å². The third-order valence-corrected chi connectivity index (χ3v) is 5.20. The van der Waals surface area contributed by atoms with Crippen LogP contribution in [0.1, 0.15) is 22.8 Å². The summed E-state index contributed by atoms with van der Waals surface area (Å²) >= 11 is 0. The zero-order valence-electron chi connectivity index (χ0n) is 18.0. The molecule has 0 saturated carbocycles. The van der Waals surface area contributed by atoms with Crippen LogP contribution < -0.4 is 19.9 Å². The lowest BCUT2D eigenvalue weighted by atomic mass is 10.1. The first-order valence-electron chi connectivity index (χ1n) is 10.4. The standard InChI is InChI=1S/C26H24N2O4/c1-3-32-21-14-12-20(13-15-21)28(26(30)22-9-5-7-11-24(22)31-2)17-19-16-18-8-4-6-10-23(18)27-25(19)29/h4-16H,3,17H2,1-2H3,(H,27,29). The van der Waals surface area contributed by atoms with Crippen LogP contribution in [0.3, 0.4) is 0 Å². The molecule has 0 bridgehead atoms. The van der Waals surface area contributed by atoms with E-state index in [2.05, 4.69) is 4.98 Å². The van der Waals surface area contributed by atoms with Gasteiger partial charge in [-0.25, -0.2) is 0 Å². The molecule has 0 aliphatic carbocycles. The lowest BCUT2D eigenvalue weighted by Gasteiger charge is -2.24. The van der Waals surface area contributed by atoms with Gasteiger partial charge in [-0.1, -0.05) is 30.3 Å². The number of hydrogen-bond donors (Lipinski definition) is 1. The number of methoxy groups -OCH3 is 1. The Balaban J connectivity index is 1.78. The molecular weight excluding hydrogens is 404 g/mol. The van der Waals surface area contributed by atoms with Crippen LogP contribution in [0.5, 0.6) is 11.5 Å². The summed E-state index contributed by atoms with van der Waals surface area (Å²) in [6, 6.07) is 23.7. The van der Waals surface area contributed by atoms with Gasteiger partial charge in [0.25, 0.3) is 11.5 Å². The number of nitrogens with zero attached hydrogens (tertiary/aromatic N) is 1. The summed E-state index contributed by atoms with van der Waals surface area (Å²) in [6.45, 7) is 2.57. The zero-order chi connectivity index (χ0) is 22.5. The first-order valence-corrected chi connectivity index (χ1v) is 10.4. The van der Waals surface area contributed by atoms with Crippen LogP contribution in [0.25, 0.3) is 10.9 Å². The second kappa shape index (κ2) is 9.39. The van der Waals surface area contributed by atoms with Crippen molar-refractivity contribution in [2.45, 2.75) is 13.5 Å². The Hall–Kier alpha value is -4.06. The summed E-state index contributed by atoms with van der Waals surface area (Å²) in [5, 5.41) is 0.901. The van der Waals surface area contributed by atoms with Crippen LogP contribution in [-0.4, -0.2) is 24.6 Å². The van der Waals surface area contributed by atoms with Crippen molar-refractivity contribution in [3.8, 4) is 11.5 Å². The van der Waals surface area contributed by atoms with E-state index in [9.17, 15) is 9.59 Å². The van der Waals surface area contributed by atoms with Gasteiger partial charge in [0.2, 0.25) is 0 Å². The predicted octanol–water partition coefficient (Wildman–Crippen LogP) is 4.78. The Kier molecular flexibility index (Phi) is 6.22. The summed E-state index contributed by atoms with van der Waals surface area (Å²) in [6.07, 6.45) is 0. The van der Waals surface area contributed by atoms with Gasteiger partial charge in [0, 0.05) is 16.8 Å². The fourth-order valence-corrected chi connectivity index (χ4v) is 3.62. The van der Waals surface area contributed by atoms with E-state index in [-0.39, 0.29) is 18.0 Å². The van der Waals surface area contributed by atoms with Gasteiger partial charge in [-0.05, 0) is 60.8 Å². The minimum absolute atomic E-state index is 0.102. The maximum atomic E-state index is 13.6. The summed E-state index contributed by atoms with van der Waals surface area (Å²) in [5.74, 6) is 0.921. The molecule has 1 N–H and O–H groups in total. The number of fused-ring (bicyclic) bond motifs is 1. The average Bonchev–Trinajstić information content (AvgIpc) is 2.83. The van der Waals surface area contributed by atoms with Gasteiger partial charge in [-0.3, -0.25) is 9.59 Å². The van der Waals surface area contributed by atoms with Crippen LogP contribution in [-0.2, 0) is 6.54 Å². The number of nitrogens with one attached hydrogen (secondary N) is 1. The molecule has 3 aromatic carbocycles. The number of carbonyl (C=O) groups is 1. The van der Waals surface area contributed by atoms with Crippen LogP contribution >= 0.6 is 0 Å². The van der Waals surface area contributed by atoms with Crippen molar-refractivity contribution in [1.82, 2.24) is 4.98 Å².